The van der Waals surface area contributed by atoms with Crippen molar-refractivity contribution in [3.8, 4) is 0 Å². The number of aliphatic hydroxyl groups is 3. The first-order valence-electron chi connectivity index (χ1n) is 16.7. The largest absolute Gasteiger partial charge is 0.478 e. The molecule has 0 saturated heterocycles. The minimum Gasteiger partial charge on any atom is -0.478 e. The van der Waals surface area contributed by atoms with E-state index in [-0.39, 0.29) is 60.7 Å². The van der Waals surface area contributed by atoms with Gasteiger partial charge in [0.05, 0.1) is 24.9 Å². The second kappa shape index (κ2) is 13.4. The lowest BCUT2D eigenvalue weighted by molar-refractivity contribution is -0.143. The molecule has 5 aliphatic rings. The molecule has 0 aromatic heterocycles. The maximum Gasteiger partial charge on any atom is 0.334 e. The van der Waals surface area contributed by atoms with Crippen molar-refractivity contribution in [3.63, 3.8) is 0 Å². The molecule has 11 heteroatoms. The van der Waals surface area contributed by atoms with Gasteiger partial charge in [-0.15, -0.1) is 0 Å². The lowest BCUT2D eigenvalue weighted by Gasteiger charge is -2.61. The lowest BCUT2D eigenvalue weighted by Crippen LogP contribution is -2.62. The molecule has 9 atom stereocenters. The maximum atomic E-state index is 13.1. The number of nitrogens with one attached hydrogen (secondary N) is 2. The second-order valence-corrected chi connectivity index (χ2v) is 14.1. The fraction of sp³-hybridized carbons (Fsp3) is 0.818. The molecule has 0 radical (unpaired) electrons. The van der Waals surface area contributed by atoms with Gasteiger partial charge >= 0.3 is 5.97 Å². The van der Waals surface area contributed by atoms with Gasteiger partial charge in [-0.2, -0.15) is 0 Å². The monoisotopic (exact) mass is 617 g/mol. The highest BCUT2D eigenvalue weighted by Crippen LogP contribution is 2.77. The van der Waals surface area contributed by atoms with Crippen LogP contribution in [0.15, 0.2) is 28.4 Å². The average Bonchev–Trinajstić information content (AvgIpc) is 3.37. The summed E-state index contributed by atoms with van der Waals surface area (Å²) in [6.45, 7) is 4.15. The Balaban J connectivity index is 1.48. The molecule has 0 aromatic carbocycles. The molecular formula is C33H55N5O6. The van der Waals surface area contributed by atoms with Crippen molar-refractivity contribution in [2.24, 2.45) is 45.2 Å². The van der Waals surface area contributed by atoms with Crippen LogP contribution in [0.5, 0.6) is 0 Å². The fourth-order valence-electron chi connectivity index (χ4n) is 10.4. The minimum absolute atomic E-state index is 0.0404. The molecule has 5 rings (SSSR count). The summed E-state index contributed by atoms with van der Waals surface area (Å²) in [7, 11) is 3.64. The highest BCUT2D eigenvalue weighted by Gasteiger charge is 2.75. The summed E-state index contributed by atoms with van der Waals surface area (Å²) in [6, 6.07) is 0.258. The van der Waals surface area contributed by atoms with Crippen LogP contribution in [0.2, 0.25) is 0 Å². The molecule has 2 spiro atoms. The number of nitrogens with zero attached hydrogens (tertiary/aromatic N) is 2. The number of carboxylic acids is 1. The van der Waals surface area contributed by atoms with Gasteiger partial charge in [-0.3, -0.25) is 4.99 Å². The first-order valence-corrected chi connectivity index (χ1v) is 16.7. The van der Waals surface area contributed by atoms with E-state index in [1.54, 1.807) is 7.05 Å². The molecule has 1 aliphatic heterocycles. The molecule has 0 amide bonds. The number of nitrogens with two attached hydrogens (primary N) is 1. The molecule has 2 bridgehead atoms. The zero-order chi connectivity index (χ0) is 31.7. The van der Waals surface area contributed by atoms with Crippen LogP contribution >= 0.6 is 0 Å². The van der Waals surface area contributed by atoms with E-state index in [9.17, 15) is 25.2 Å². The molecule has 3 saturated carbocycles. The van der Waals surface area contributed by atoms with Crippen LogP contribution < -0.4 is 16.4 Å². The summed E-state index contributed by atoms with van der Waals surface area (Å²) in [5.41, 5.74) is 4.92. The number of ether oxygens (including phenoxy) is 1. The van der Waals surface area contributed by atoms with E-state index in [4.69, 9.17) is 10.5 Å². The number of rotatable bonds is 12. The number of hydrogen-bond donors (Lipinski definition) is 7. The molecule has 3 fully saturated rings. The number of aliphatic hydroxyl groups excluding tert-OH is 2. The van der Waals surface area contributed by atoms with Gasteiger partial charge < -0.3 is 46.4 Å². The van der Waals surface area contributed by atoms with Crippen molar-refractivity contribution in [3.05, 3.63) is 23.4 Å². The third kappa shape index (κ3) is 5.41. The molecule has 1 heterocycles. The smallest absolute Gasteiger partial charge is 0.334 e. The van der Waals surface area contributed by atoms with Crippen molar-refractivity contribution in [1.29, 1.82) is 0 Å². The van der Waals surface area contributed by atoms with Crippen LogP contribution in [0, 0.1) is 34.5 Å². The van der Waals surface area contributed by atoms with Crippen molar-refractivity contribution in [2.75, 3.05) is 53.6 Å². The van der Waals surface area contributed by atoms with Crippen molar-refractivity contribution < 1.29 is 30.0 Å². The summed E-state index contributed by atoms with van der Waals surface area (Å²) in [4.78, 5) is 19.4. The number of aliphatic imine (C=N–C) groups is 1. The van der Waals surface area contributed by atoms with Gasteiger partial charge in [0.15, 0.2) is 5.96 Å². The average molecular weight is 618 g/mol. The van der Waals surface area contributed by atoms with E-state index >= 15 is 0 Å². The van der Waals surface area contributed by atoms with Gasteiger partial charge in [-0.1, -0.05) is 13.0 Å². The Hall–Kier alpha value is -2.02. The van der Waals surface area contributed by atoms with Crippen molar-refractivity contribution >= 4 is 11.9 Å². The Morgan fingerprint density at radius 3 is 2.70 bits per heavy atom. The van der Waals surface area contributed by atoms with E-state index in [0.29, 0.717) is 44.4 Å². The summed E-state index contributed by atoms with van der Waals surface area (Å²) in [6.07, 6.45) is 11.4. The zero-order valence-corrected chi connectivity index (χ0v) is 26.8. The summed E-state index contributed by atoms with van der Waals surface area (Å²) in [5, 5.41) is 48.9. The summed E-state index contributed by atoms with van der Waals surface area (Å²) >= 11 is 0. The van der Waals surface area contributed by atoms with Crippen LogP contribution in [-0.2, 0) is 9.53 Å². The van der Waals surface area contributed by atoms with Gasteiger partial charge in [-0.05, 0) is 94.1 Å². The standard InChI is InChI=1S/C33H55N5O6/c1-21-6-8-23-15-26-28(29(41)42)31(43,20-44-25-9-7-22(5-4-13-39)27(16-25)35-2)18-32(21,26)33(23)19-38(30(34)36-3)12-10-24(33)17-37-11-14-40/h10,12,21-25,27,35,37,39-40,43H,4-9,11,13-20H2,1-3H3,(H2,34,36)(H,41,42)/t21-,22-,23-,24-,25-,27-,31-,32+,33-/m1/s1. The van der Waals surface area contributed by atoms with E-state index in [1.165, 1.54) is 0 Å². The molecule has 248 valence electrons. The Labute approximate surface area is 262 Å². The van der Waals surface area contributed by atoms with E-state index in [2.05, 4.69) is 28.6 Å². The summed E-state index contributed by atoms with van der Waals surface area (Å²) in [5.74, 6) is 0.288. The Kier molecular flexibility index (Phi) is 10.1. The molecule has 44 heavy (non-hydrogen) atoms. The number of guanidine groups is 1. The fourth-order valence-corrected chi connectivity index (χ4v) is 10.4. The van der Waals surface area contributed by atoms with Crippen LogP contribution in [-0.4, -0.2) is 109 Å². The number of aliphatic carboxylic acids is 1. The van der Waals surface area contributed by atoms with Gasteiger partial charge in [0.25, 0.3) is 0 Å². The van der Waals surface area contributed by atoms with Crippen LogP contribution in [0.1, 0.15) is 64.7 Å². The molecular weight excluding hydrogens is 562 g/mol. The highest BCUT2D eigenvalue weighted by molar-refractivity contribution is 5.92. The Bertz CT molecular complexity index is 1150. The number of allylic oxidation sites excluding steroid dienone is 1. The Morgan fingerprint density at radius 1 is 1.23 bits per heavy atom. The second-order valence-electron chi connectivity index (χ2n) is 14.1. The number of carboxylic acid groups (broad SMARTS) is 1. The Morgan fingerprint density at radius 2 is 2.02 bits per heavy atom. The van der Waals surface area contributed by atoms with Crippen LogP contribution in [0.25, 0.3) is 0 Å². The van der Waals surface area contributed by atoms with Gasteiger partial charge in [0, 0.05) is 56.4 Å². The van der Waals surface area contributed by atoms with E-state index in [1.807, 2.05) is 18.1 Å². The molecule has 4 aliphatic carbocycles. The first-order chi connectivity index (χ1) is 21.1. The predicted molar refractivity (Wildman–Crippen MR) is 169 cm³/mol. The first kappa shape index (κ1) is 33.3. The lowest BCUT2D eigenvalue weighted by atomic mass is 9.46. The van der Waals surface area contributed by atoms with Gasteiger partial charge in [0.1, 0.15) is 5.60 Å². The van der Waals surface area contributed by atoms with Crippen LogP contribution in [0.3, 0.4) is 0 Å². The number of carbonyl (C=O) groups is 1. The maximum absolute atomic E-state index is 13.1. The highest BCUT2D eigenvalue weighted by atomic mass is 16.5. The molecule has 0 aromatic rings. The number of hydrogen-bond acceptors (Lipinski definition) is 8. The van der Waals surface area contributed by atoms with E-state index in [0.717, 1.165) is 50.5 Å². The normalized spacial score (nSPS) is 40.2. The third-order valence-corrected chi connectivity index (χ3v) is 12.3. The SMILES string of the molecule is CN=C(N)N1C=C[C@H](CNCCO)[C@@]2(C1)[C@@H]1CC[C@@H](C)[C@]23C[C@@](O)(CO[C@@H]2CC[C@@H](CCCO)[C@H](NC)C2)C(C(=O)O)=C3C1. The van der Waals surface area contributed by atoms with Crippen molar-refractivity contribution in [1.82, 2.24) is 15.5 Å². The van der Waals surface area contributed by atoms with Gasteiger partial charge in [-0.25, -0.2) is 4.79 Å². The van der Waals surface area contributed by atoms with Crippen molar-refractivity contribution in [2.45, 2.75) is 82.5 Å². The van der Waals surface area contributed by atoms with Crippen LogP contribution in [0.4, 0.5) is 0 Å². The molecule has 11 nitrogen and oxygen atoms in total. The topological polar surface area (TPSA) is 173 Å². The predicted octanol–water partition coefficient (Wildman–Crippen LogP) is 1.44. The zero-order valence-electron chi connectivity index (χ0n) is 26.8. The van der Waals surface area contributed by atoms with E-state index < -0.39 is 17.0 Å². The molecule has 8 N–H and O–H groups in total. The van der Waals surface area contributed by atoms with Gasteiger partial charge in [0.2, 0.25) is 0 Å². The minimum atomic E-state index is -1.60. The summed E-state index contributed by atoms with van der Waals surface area (Å²) < 4.78 is 6.49. The quantitative estimate of drug-likeness (QED) is 0.0965. The third-order valence-electron chi connectivity index (χ3n) is 12.3. The molecule has 0 unspecified atom stereocenters.